The molecule has 0 heterocycles. The van der Waals surface area contributed by atoms with E-state index < -0.39 is 32.6 Å². The van der Waals surface area contributed by atoms with Crippen molar-refractivity contribution in [1.82, 2.24) is 4.72 Å². The van der Waals surface area contributed by atoms with Gasteiger partial charge < -0.3 is 0 Å². The van der Waals surface area contributed by atoms with Crippen LogP contribution in [0.1, 0.15) is 25.5 Å². The molecule has 2 rings (SSSR count). The lowest BCUT2D eigenvalue weighted by molar-refractivity contribution is 0.459. The van der Waals surface area contributed by atoms with Crippen molar-refractivity contribution in [3.63, 3.8) is 0 Å². The number of nitrogens with one attached hydrogen (secondary N) is 1. The van der Waals surface area contributed by atoms with Gasteiger partial charge >= 0.3 is 0 Å². The largest absolute Gasteiger partial charge is 0.244 e. The molecule has 0 bridgehead atoms. The van der Waals surface area contributed by atoms with Gasteiger partial charge in [-0.1, -0.05) is 38.1 Å². The quantitative estimate of drug-likeness (QED) is 0.912. The Labute approximate surface area is 129 Å². The second-order valence-corrected chi connectivity index (χ2v) is 7.01. The van der Waals surface area contributed by atoms with Crippen molar-refractivity contribution in [2.45, 2.75) is 24.8 Å². The first kappa shape index (κ1) is 16.6. The van der Waals surface area contributed by atoms with Crippen LogP contribution in [-0.4, -0.2) is 8.42 Å². The van der Waals surface area contributed by atoms with Crippen LogP contribution in [0.3, 0.4) is 0 Å². The standard InChI is InChI=1S/C16H17F2NO2S/c1-11(2)16(12-7-9-13(17)10-8-12)19-22(20,21)15-6-4-3-5-14(15)18/h3-11,16,19H,1-2H3. The van der Waals surface area contributed by atoms with Crippen molar-refractivity contribution in [1.29, 1.82) is 0 Å². The molecule has 1 N–H and O–H groups in total. The van der Waals surface area contributed by atoms with Crippen LogP contribution in [-0.2, 0) is 10.0 Å². The summed E-state index contributed by atoms with van der Waals surface area (Å²) in [5.74, 6) is -1.30. The summed E-state index contributed by atoms with van der Waals surface area (Å²) in [7, 11) is -4.01. The van der Waals surface area contributed by atoms with Crippen molar-refractivity contribution in [2.24, 2.45) is 5.92 Å². The third-order valence-corrected chi connectivity index (χ3v) is 4.78. The molecule has 0 saturated carbocycles. The van der Waals surface area contributed by atoms with Gasteiger partial charge in [-0.15, -0.1) is 0 Å². The molecular weight excluding hydrogens is 308 g/mol. The van der Waals surface area contributed by atoms with E-state index in [0.29, 0.717) is 5.56 Å². The molecule has 2 aromatic rings. The van der Waals surface area contributed by atoms with Crippen molar-refractivity contribution in [2.75, 3.05) is 0 Å². The summed E-state index contributed by atoms with van der Waals surface area (Å²) in [4.78, 5) is -0.400. The van der Waals surface area contributed by atoms with Gasteiger partial charge in [-0.3, -0.25) is 0 Å². The second-order valence-electron chi connectivity index (χ2n) is 5.32. The molecule has 22 heavy (non-hydrogen) atoms. The molecule has 0 spiro atoms. The molecule has 2 aromatic carbocycles. The van der Waals surface area contributed by atoms with Crippen LogP contribution in [0.15, 0.2) is 53.4 Å². The van der Waals surface area contributed by atoms with Crippen LogP contribution in [0.25, 0.3) is 0 Å². The summed E-state index contributed by atoms with van der Waals surface area (Å²) in [6.45, 7) is 3.66. The van der Waals surface area contributed by atoms with Gasteiger partial charge in [0.25, 0.3) is 0 Å². The molecule has 0 amide bonds. The van der Waals surface area contributed by atoms with Gasteiger partial charge in [0, 0.05) is 6.04 Å². The molecule has 0 aliphatic rings. The zero-order valence-corrected chi connectivity index (χ0v) is 13.1. The van der Waals surface area contributed by atoms with Gasteiger partial charge in [0.2, 0.25) is 10.0 Å². The second kappa shape index (κ2) is 6.54. The number of sulfonamides is 1. The Morgan fingerprint density at radius 3 is 2.09 bits per heavy atom. The highest BCUT2D eigenvalue weighted by molar-refractivity contribution is 7.89. The molecule has 0 radical (unpaired) electrons. The maximum Gasteiger partial charge on any atom is 0.244 e. The number of halogens is 2. The fourth-order valence-electron chi connectivity index (χ4n) is 2.15. The Kier molecular flexibility index (Phi) is 4.93. The first-order valence-corrected chi connectivity index (χ1v) is 8.32. The summed E-state index contributed by atoms with van der Waals surface area (Å²) in [5.41, 5.74) is 0.622. The lowest BCUT2D eigenvalue weighted by Crippen LogP contribution is -2.32. The summed E-state index contributed by atoms with van der Waals surface area (Å²) < 4.78 is 54.0. The molecule has 1 atom stereocenters. The highest BCUT2D eigenvalue weighted by Gasteiger charge is 2.25. The van der Waals surface area contributed by atoms with Gasteiger partial charge in [-0.25, -0.2) is 21.9 Å². The third-order valence-electron chi connectivity index (χ3n) is 3.30. The van der Waals surface area contributed by atoms with E-state index in [9.17, 15) is 17.2 Å². The van der Waals surface area contributed by atoms with Crippen molar-refractivity contribution in [3.05, 3.63) is 65.7 Å². The average molecular weight is 325 g/mol. The molecule has 0 saturated heterocycles. The molecule has 1 unspecified atom stereocenters. The Balaban J connectivity index is 2.36. The minimum Gasteiger partial charge on any atom is -0.207 e. The average Bonchev–Trinajstić information content (AvgIpc) is 2.46. The van der Waals surface area contributed by atoms with Gasteiger partial charge in [0.15, 0.2) is 0 Å². The molecule has 118 valence electrons. The predicted octanol–water partition coefficient (Wildman–Crippen LogP) is 3.64. The summed E-state index contributed by atoms with van der Waals surface area (Å²) in [6.07, 6.45) is 0. The Hall–Kier alpha value is -1.79. The van der Waals surface area contributed by atoms with Gasteiger partial charge in [0.1, 0.15) is 16.5 Å². The van der Waals surface area contributed by atoms with E-state index in [4.69, 9.17) is 0 Å². The number of rotatable bonds is 5. The fourth-order valence-corrected chi connectivity index (χ4v) is 3.60. The van der Waals surface area contributed by atoms with Crippen molar-refractivity contribution < 1.29 is 17.2 Å². The van der Waals surface area contributed by atoms with E-state index in [1.807, 2.05) is 13.8 Å². The van der Waals surface area contributed by atoms with Gasteiger partial charge in [-0.05, 0) is 35.7 Å². The van der Waals surface area contributed by atoms with Crippen LogP contribution < -0.4 is 4.72 Å². The SMILES string of the molecule is CC(C)C(NS(=O)(=O)c1ccccc1F)c1ccc(F)cc1. The Morgan fingerprint density at radius 2 is 1.55 bits per heavy atom. The Bertz CT molecular complexity index is 743. The smallest absolute Gasteiger partial charge is 0.207 e. The van der Waals surface area contributed by atoms with Crippen molar-refractivity contribution in [3.8, 4) is 0 Å². The van der Waals surface area contributed by atoms with Crippen LogP contribution in [0.5, 0.6) is 0 Å². The summed E-state index contributed by atoms with van der Waals surface area (Å²) >= 11 is 0. The number of benzene rings is 2. The van der Waals surface area contributed by atoms with Crippen molar-refractivity contribution >= 4 is 10.0 Å². The zero-order chi connectivity index (χ0) is 16.3. The first-order chi connectivity index (χ1) is 10.3. The predicted molar refractivity (Wildman–Crippen MR) is 80.7 cm³/mol. The maximum atomic E-state index is 13.7. The number of hydrogen-bond donors (Lipinski definition) is 1. The van der Waals surface area contributed by atoms with E-state index in [-0.39, 0.29) is 5.92 Å². The van der Waals surface area contributed by atoms with Gasteiger partial charge in [0.05, 0.1) is 0 Å². The molecule has 0 aromatic heterocycles. The lowest BCUT2D eigenvalue weighted by atomic mass is 9.97. The topological polar surface area (TPSA) is 46.2 Å². The minimum absolute atomic E-state index is 0.0907. The lowest BCUT2D eigenvalue weighted by Gasteiger charge is -2.23. The van der Waals surface area contributed by atoms with Crippen LogP contribution in [0, 0.1) is 17.6 Å². The van der Waals surface area contributed by atoms with E-state index in [2.05, 4.69) is 4.72 Å². The van der Waals surface area contributed by atoms with Crippen LogP contribution in [0.2, 0.25) is 0 Å². The molecule has 6 heteroatoms. The zero-order valence-electron chi connectivity index (χ0n) is 12.3. The van der Waals surface area contributed by atoms with E-state index >= 15 is 0 Å². The minimum atomic E-state index is -4.01. The molecule has 3 nitrogen and oxygen atoms in total. The van der Waals surface area contributed by atoms with E-state index in [1.165, 1.54) is 42.5 Å². The van der Waals surface area contributed by atoms with E-state index in [1.54, 1.807) is 0 Å². The van der Waals surface area contributed by atoms with Gasteiger partial charge in [-0.2, -0.15) is 0 Å². The molecular formula is C16H17F2NO2S. The highest BCUT2D eigenvalue weighted by Crippen LogP contribution is 2.25. The van der Waals surface area contributed by atoms with Crippen LogP contribution in [0.4, 0.5) is 8.78 Å². The summed E-state index contributed by atoms with van der Waals surface area (Å²) in [6, 6.07) is 10.2. The summed E-state index contributed by atoms with van der Waals surface area (Å²) in [5, 5.41) is 0. The van der Waals surface area contributed by atoms with E-state index in [0.717, 1.165) is 6.07 Å². The Morgan fingerprint density at radius 1 is 0.955 bits per heavy atom. The molecule has 0 fully saturated rings. The maximum absolute atomic E-state index is 13.7. The molecule has 0 aliphatic heterocycles. The monoisotopic (exact) mass is 325 g/mol. The molecule has 0 aliphatic carbocycles. The number of hydrogen-bond acceptors (Lipinski definition) is 2. The highest BCUT2D eigenvalue weighted by atomic mass is 32.2. The third kappa shape index (κ3) is 3.69. The fraction of sp³-hybridized carbons (Fsp3) is 0.250. The first-order valence-electron chi connectivity index (χ1n) is 6.83. The van der Waals surface area contributed by atoms with Crippen LogP contribution >= 0.6 is 0 Å². The normalized spacial score (nSPS) is 13.3.